The van der Waals surface area contributed by atoms with Gasteiger partial charge >= 0.3 is 0 Å². The van der Waals surface area contributed by atoms with E-state index in [4.69, 9.17) is 4.74 Å². The first-order chi connectivity index (χ1) is 9.85. The molecule has 1 heterocycles. The van der Waals surface area contributed by atoms with Crippen molar-refractivity contribution in [2.24, 2.45) is 0 Å². The second-order valence-corrected chi connectivity index (χ2v) is 4.63. The molecular weight excluding hydrogens is 252 g/mol. The molecule has 0 radical (unpaired) electrons. The van der Waals surface area contributed by atoms with E-state index in [9.17, 15) is 0 Å². The number of rotatable bonds is 8. The zero-order chi connectivity index (χ0) is 14.2. The first-order valence-corrected chi connectivity index (χ1v) is 7.04. The monoisotopic (exact) mass is 274 g/mol. The van der Waals surface area contributed by atoms with Crippen LogP contribution in [0.15, 0.2) is 30.3 Å². The van der Waals surface area contributed by atoms with Crippen LogP contribution in [-0.2, 0) is 17.8 Å². The smallest absolute Gasteiger partial charge is 0.117 e. The van der Waals surface area contributed by atoms with Crippen molar-refractivity contribution < 1.29 is 4.74 Å². The van der Waals surface area contributed by atoms with Gasteiger partial charge < -0.3 is 10.1 Å². The van der Waals surface area contributed by atoms with E-state index in [1.165, 1.54) is 0 Å². The average Bonchev–Trinajstić information content (AvgIpc) is 2.88. The number of hydrogen-bond acceptors (Lipinski definition) is 4. The Morgan fingerprint density at radius 2 is 2.00 bits per heavy atom. The van der Waals surface area contributed by atoms with Gasteiger partial charge in [-0.1, -0.05) is 37.3 Å². The van der Waals surface area contributed by atoms with E-state index in [2.05, 4.69) is 34.6 Å². The molecule has 0 aliphatic heterocycles. The summed E-state index contributed by atoms with van der Waals surface area (Å²) in [6.45, 7) is 5.19. The Labute approximate surface area is 120 Å². The number of benzene rings is 1. The van der Waals surface area contributed by atoms with Crippen LogP contribution in [0, 0.1) is 0 Å². The van der Waals surface area contributed by atoms with Crippen LogP contribution in [0.1, 0.15) is 19.0 Å². The Morgan fingerprint density at radius 3 is 2.70 bits per heavy atom. The van der Waals surface area contributed by atoms with Gasteiger partial charge in [0.05, 0.1) is 13.2 Å². The van der Waals surface area contributed by atoms with Crippen molar-refractivity contribution >= 4 is 0 Å². The van der Waals surface area contributed by atoms with Gasteiger partial charge in [-0.25, -0.2) is 0 Å². The van der Waals surface area contributed by atoms with Crippen molar-refractivity contribution in [2.45, 2.75) is 26.4 Å². The lowest BCUT2D eigenvalue weighted by atomic mass is 10.1. The van der Waals surface area contributed by atoms with Gasteiger partial charge in [0, 0.05) is 25.8 Å². The summed E-state index contributed by atoms with van der Waals surface area (Å²) in [5.74, 6) is 0. The number of nitrogens with one attached hydrogen (secondary N) is 1. The zero-order valence-electron chi connectivity index (χ0n) is 12.2. The van der Waals surface area contributed by atoms with Crippen LogP contribution >= 0.6 is 0 Å². The van der Waals surface area contributed by atoms with Crippen LogP contribution in [0.5, 0.6) is 0 Å². The number of aromatic nitrogens is 3. The van der Waals surface area contributed by atoms with Crippen LogP contribution in [0.25, 0.3) is 11.3 Å². The van der Waals surface area contributed by atoms with Gasteiger partial charge in [-0.3, -0.25) is 0 Å². The Morgan fingerprint density at radius 1 is 1.20 bits per heavy atom. The zero-order valence-corrected chi connectivity index (χ0v) is 12.2. The number of nitrogens with zero attached hydrogens (tertiary/aromatic N) is 3. The highest BCUT2D eigenvalue weighted by molar-refractivity contribution is 5.60. The predicted molar refractivity (Wildman–Crippen MR) is 79.3 cm³/mol. The molecule has 2 rings (SSSR count). The SMILES string of the molecule is CCCn1nc(CNCCOC)c(-c2ccccc2)n1. The maximum Gasteiger partial charge on any atom is 0.117 e. The third-order valence-electron chi connectivity index (χ3n) is 2.97. The van der Waals surface area contributed by atoms with E-state index in [0.717, 1.165) is 36.5 Å². The van der Waals surface area contributed by atoms with Crippen molar-refractivity contribution in [3.05, 3.63) is 36.0 Å². The van der Waals surface area contributed by atoms with Gasteiger partial charge in [-0.05, 0) is 6.42 Å². The van der Waals surface area contributed by atoms with Crippen LogP contribution < -0.4 is 5.32 Å². The quantitative estimate of drug-likeness (QED) is 0.749. The van der Waals surface area contributed by atoms with Gasteiger partial charge in [0.25, 0.3) is 0 Å². The molecule has 1 aromatic carbocycles. The summed E-state index contributed by atoms with van der Waals surface area (Å²) < 4.78 is 5.03. The minimum absolute atomic E-state index is 0.698. The lowest BCUT2D eigenvalue weighted by Gasteiger charge is -2.03. The molecule has 1 N–H and O–H groups in total. The molecule has 0 unspecified atom stereocenters. The van der Waals surface area contributed by atoms with E-state index in [1.54, 1.807) is 11.9 Å². The standard InChI is InChI=1S/C15H22N4O/c1-3-10-19-17-14(12-16-9-11-20-2)15(18-19)13-7-5-4-6-8-13/h4-8,16H,3,9-12H2,1-2H3. The van der Waals surface area contributed by atoms with Crippen LogP contribution in [0.2, 0.25) is 0 Å². The third kappa shape index (κ3) is 3.88. The van der Waals surface area contributed by atoms with Crippen molar-refractivity contribution in [1.29, 1.82) is 0 Å². The minimum Gasteiger partial charge on any atom is -0.383 e. The molecule has 0 aliphatic rings. The van der Waals surface area contributed by atoms with E-state index >= 15 is 0 Å². The summed E-state index contributed by atoms with van der Waals surface area (Å²) in [6, 6.07) is 10.2. The maximum atomic E-state index is 5.03. The second kappa shape index (κ2) is 7.77. The number of aryl methyl sites for hydroxylation is 1. The molecule has 0 amide bonds. The number of ether oxygens (including phenoxy) is 1. The molecule has 0 saturated heterocycles. The molecular formula is C15H22N4O. The highest BCUT2D eigenvalue weighted by Crippen LogP contribution is 2.19. The Bertz CT molecular complexity index is 510. The lowest BCUT2D eigenvalue weighted by molar-refractivity contribution is 0.199. The van der Waals surface area contributed by atoms with E-state index < -0.39 is 0 Å². The van der Waals surface area contributed by atoms with Crippen molar-refractivity contribution in [3.8, 4) is 11.3 Å². The molecule has 0 aliphatic carbocycles. The van der Waals surface area contributed by atoms with Gasteiger partial charge in [-0.2, -0.15) is 15.0 Å². The molecule has 1 aromatic heterocycles. The Hall–Kier alpha value is -1.72. The second-order valence-electron chi connectivity index (χ2n) is 4.63. The maximum absolute atomic E-state index is 5.03. The molecule has 0 bridgehead atoms. The number of hydrogen-bond donors (Lipinski definition) is 1. The van der Waals surface area contributed by atoms with Gasteiger partial charge in [0.1, 0.15) is 11.4 Å². The fourth-order valence-electron chi connectivity index (χ4n) is 2.00. The molecule has 2 aromatic rings. The average molecular weight is 274 g/mol. The Balaban J connectivity index is 2.15. The molecule has 5 heteroatoms. The van der Waals surface area contributed by atoms with E-state index in [1.807, 2.05) is 18.2 Å². The fraction of sp³-hybridized carbons (Fsp3) is 0.467. The summed E-state index contributed by atoms with van der Waals surface area (Å²) >= 11 is 0. The Kier molecular flexibility index (Phi) is 5.70. The lowest BCUT2D eigenvalue weighted by Crippen LogP contribution is -2.19. The van der Waals surface area contributed by atoms with Crippen molar-refractivity contribution in [2.75, 3.05) is 20.3 Å². The highest BCUT2D eigenvalue weighted by Gasteiger charge is 2.12. The van der Waals surface area contributed by atoms with Gasteiger partial charge in [0.2, 0.25) is 0 Å². The number of methoxy groups -OCH3 is 1. The van der Waals surface area contributed by atoms with Crippen LogP contribution in [0.4, 0.5) is 0 Å². The molecule has 20 heavy (non-hydrogen) atoms. The molecule has 0 saturated carbocycles. The summed E-state index contributed by atoms with van der Waals surface area (Å²) in [7, 11) is 1.70. The van der Waals surface area contributed by atoms with E-state index in [0.29, 0.717) is 13.2 Å². The largest absolute Gasteiger partial charge is 0.383 e. The minimum atomic E-state index is 0.698. The topological polar surface area (TPSA) is 52.0 Å². The van der Waals surface area contributed by atoms with Crippen LogP contribution in [-0.4, -0.2) is 35.3 Å². The van der Waals surface area contributed by atoms with E-state index in [-0.39, 0.29) is 0 Å². The van der Waals surface area contributed by atoms with Gasteiger partial charge in [-0.15, -0.1) is 0 Å². The fourth-order valence-corrected chi connectivity index (χ4v) is 2.00. The molecule has 0 spiro atoms. The highest BCUT2D eigenvalue weighted by atomic mass is 16.5. The third-order valence-corrected chi connectivity index (χ3v) is 2.97. The molecule has 0 atom stereocenters. The molecule has 108 valence electrons. The molecule has 0 fully saturated rings. The van der Waals surface area contributed by atoms with Crippen LogP contribution in [0.3, 0.4) is 0 Å². The summed E-state index contributed by atoms with van der Waals surface area (Å²) in [4.78, 5) is 1.79. The normalized spacial score (nSPS) is 10.9. The first kappa shape index (κ1) is 14.7. The summed E-state index contributed by atoms with van der Waals surface area (Å²) in [5, 5.41) is 12.5. The van der Waals surface area contributed by atoms with Crippen molar-refractivity contribution in [1.82, 2.24) is 20.3 Å². The predicted octanol–water partition coefficient (Wildman–Crippen LogP) is 2.09. The molecule has 5 nitrogen and oxygen atoms in total. The van der Waals surface area contributed by atoms with Crippen molar-refractivity contribution in [3.63, 3.8) is 0 Å². The summed E-state index contributed by atoms with van der Waals surface area (Å²) in [6.07, 6.45) is 1.03. The first-order valence-electron chi connectivity index (χ1n) is 7.04. The van der Waals surface area contributed by atoms with Gasteiger partial charge in [0.15, 0.2) is 0 Å². The summed E-state index contributed by atoms with van der Waals surface area (Å²) in [5.41, 5.74) is 3.06.